The maximum absolute atomic E-state index is 12.7. The van der Waals surface area contributed by atoms with Crippen molar-refractivity contribution in [3.63, 3.8) is 0 Å². The van der Waals surface area contributed by atoms with Crippen LogP contribution in [0, 0.1) is 0 Å². The van der Waals surface area contributed by atoms with E-state index in [-0.39, 0.29) is 5.82 Å². The minimum Gasteiger partial charge on any atom is -0.497 e. The molecule has 1 aromatic heterocycles. The monoisotopic (exact) mass is 351 g/mol. The summed E-state index contributed by atoms with van der Waals surface area (Å²) in [5.41, 5.74) is 0.558. The molecule has 0 aliphatic carbocycles. The molecule has 7 heteroatoms. The Hall–Kier alpha value is -3.61. The zero-order chi connectivity index (χ0) is 18.5. The molecule has 0 saturated heterocycles. The van der Waals surface area contributed by atoms with Crippen molar-refractivity contribution in [2.45, 2.75) is 0 Å². The fourth-order valence-electron chi connectivity index (χ4n) is 2.38. The zero-order valence-electron chi connectivity index (χ0n) is 14.3. The van der Waals surface area contributed by atoms with Crippen molar-refractivity contribution >= 4 is 11.7 Å². The van der Waals surface area contributed by atoms with Crippen LogP contribution in [0.25, 0.3) is 5.69 Å². The third-order valence-corrected chi connectivity index (χ3v) is 3.76. The van der Waals surface area contributed by atoms with Gasteiger partial charge in [0, 0.05) is 24.0 Å². The van der Waals surface area contributed by atoms with Gasteiger partial charge in [0.25, 0.3) is 11.5 Å². The smallest absolute Gasteiger partial charge is 0.298 e. The molecule has 0 saturated carbocycles. The second kappa shape index (κ2) is 7.52. The van der Waals surface area contributed by atoms with Gasteiger partial charge in [-0.1, -0.05) is 6.07 Å². The van der Waals surface area contributed by atoms with Crippen molar-refractivity contribution in [1.29, 1.82) is 0 Å². The SMILES string of the molecule is COc1ccc(C(=O)Nc2nccn(-c3cccc(OC)c3)c2=O)cc1. The molecule has 3 rings (SSSR count). The first kappa shape index (κ1) is 17.2. The van der Waals surface area contributed by atoms with E-state index in [0.717, 1.165) is 0 Å². The molecule has 0 radical (unpaired) electrons. The lowest BCUT2D eigenvalue weighted by molar-refractivity contribution is 0.102. The molecule has 26 heavy (non-hydrogen) atoms. The summed E-state index contributed by atoms with van der Waals surface area (Å²) in [5, 5.41) is 2.55. The quantitative estimate of drug-likeness (QED) is 0.764. The number of hydrogen-bond acceptors (Lipinski definition) is 5. The summed E-state index contributed by atoms with van der Waals surface area (Å²) in [7, 11) is 3.10. The number of ether oxygens (including phenoxy) is 2. The largest absolute Gasteiger partial charge is 0.497 e. The fourth-order valence-corrected chi connectivity index (χ4v) is 2.38. The van der Waals surface area contributed by atoms with Crippen LogP contribution >= 0.6 is 0 Å². The summed E-state index contributed by atoms with van der Waals surface area (Å²) in [6.45, 7) is 0. The Labute approximate surface area is 149 Å². The van der Waals surface area contributed by atoms with Gasteiger partial charge in [-0.2, -0.15) is 0 Å². The number of nitrogens with zero attached hydrogens (tertiary/aromatic N) is 2. The van der Waals surface area contributed by atoms with Crippen LogP contribution in [0.1, 0.15) is 10.4 Å². The van der Waals surface area contributed by atoms with Gasteiger partial charge in [-0.25, -0.2) is 4.98 Å². The average Bonchev–Trinajstić information content (AvgIpc) is 2.69. The molecule has 0 fully saturated rings. The lowest BCUT2D eigenvalue weighted by atomic mass is 10.2. The molecule has 132 valence electrons. The van der Waals surface area contributed by atoms with E-state index in [4.69, 9.17) is 9.47 Å². The lowest BCUT2D eigenvalue weighted by Crippen LogP contribution is -2.26. The molecular formula is C19H17N3O4. The normalized spacial score (nSPS) is 10.2. The maximum Gasteiger partial charge on any atom is 0.298 e. The molecule has 1 N–H and O–H groups in total. The lowest BCUT2D eigenvalue weighted by Gasteiger charge is -2.10. The van der Waals surface area contributed by atoms with Gasteiger partial charge in [0.1, 0.15) is 11.5 Å². The van der Waals surface area contributed by atoms with Gasteiger partial charge >= 0.3 is 0 Å². The van der Waals surface area contributed by atoms with Gasteiger partial charge in [-0.3, -0.25) is 14.2 Å². The van der Waals surface area contributed by atoms with Gasteiger partial charge in [0.2, 0.25) is 0 Å². The van der Waals surface area contributed by atoms with Crippen LogP contribution in [-0.4, -0.2) is 29.7 Å². The van der Waals surface area contributed by atoms with Crippen LogP contribution in [0.5, 0.6) is 11.5 Å². The van der Waals surface area contributed by atoms with Crippen molar-refractivity contribution in [2.75, 3.05) is 19.5 Å². The molecule has 0 aliphatic heterocycles. The maximum atomic E-state index is 12.7. The molecule has 0 spiro atoms. The number of benzene rings is 2. The number of rotatable bonds is 5. The molecule has 2 aromatic carbocycles. The summed E-state index contributed by atoms with van der Waals surface area (Å²) in [4.78, 5) is 29.0. The third kappa shape index (κ3) is 3.56. The molecule has 3 aromatic rings. The molecule has 0 atom stereocenters. The fraction of sp³-hybridized carbons (Fsp3) is 0.105. The highest BCUT2D eigenvalue weighted by Crippen LogP contribution is 2.16. The Balaban J connectivity index is 1.89. The van der Waals surface area contributed by atoms with Gasteiger partial charge in [-0.15, -0.1) is 0 Å². The van der Waals surface area contributed by atoms with Crippen LogP contribution in [0.3, 0.4) is 0 Å². The Morgan fingerprint density at radius 3 is 2.46 bits per heavy atom. The summed E-state index contributed by atoms with van der Waals surface area (Å²) >= 11 is 0. The van der Waals surface area contributed by atoms with Crippen molar-refractivity contribution in [1.82, 2.24) is 9.55 Å². The molecule has 0 unspecified atom stereocenters. The van der Waals surface area contributed by atoms with E-state index in [9.17, 15) is 9.59 Å². The van der Waals surface area contributed by atoms with Crippen LogP contribution in [0.4, 0.5) is 5.82 Å². The number of hydrogen-bond donors (Lipinski definition) is 1. The summed E-state index contributed by atoms with van der Waals surface area (Å²) < 4.78 is 11.6. The van der Waals surface area contributed by atoms with E-state index in [1.165, 1.54) is 17.0 Å². The second-order valence-corrected chi connectivity index (χ2v) is 5.34. The number of amides is 1. The van der Waals surface area contributed by atoms with Gasteiger partial charge < -0.3 is 14.8 Å². The minimum atomic E-state index is -0.442. The van der Waals surface area contributed by atoms with Crippen molar-refractivity contribution in [3.05, 3.63) is 76.8 Å². The number of nitrogens with one attached hydrogen (secondary N) is 1. The molecule has 1 amide bonds. The van der Waals surface area contributed by atoms with Crippen molar-refractivity contribution in [2.24, 2.45) is 0 Å². The van der Waals surface area contributed by atoms with Gasteiger partial charge in [0.05, 0.1) is 19.9 Å². The van der Waals surface area contributed by atoms with Gasteiger partial charge in [0.15, 0.2) is 5.82 Å². The van der Waals surface area contributed by atoms with E-state index in [1.807, 2.05) is 0 Å². The van der Waals surface area contributed by atoms with Crippen molar-refractivity contribution in [3.8, 4) is 17.2 Å². The van der Waals surface area contributed by atoms with E-state index >= 15 is 0 Å². The van der Waals surface area contributed by atoms with Gasteiger partial charge in [-0.05, 0) is 36.4 Å². The predicted octanol–water partition coefficient (Wildman–Crippen LogP) is 2.50. The topological polar surface area (TPSA) is 82.4 Å². The van der Waals surface area contributed by atoms with Crippen molar-refractivity contribution < 1.29 is 14.3 Å². The van der Waals surface area contributed by atoms with Crippen LogP contribution in [0.15, 0.2) is 65.7 Å². The van der Waals surface area contributed by atoms with E-state index < -0.39 is 11.5 Å². The highest BCUT2D eigenvalue weighted by atomic mass is 16.5. The predicted molar refractivity (Wildman–Crippen MR) is 97.3 cm³/mol. The number of aromatic nitrogens is 2. The molecule has 7 nitrogen and oxygen atoms in total. The Morgan fingerprint density at radius 1 is 1.04 bits per heavy atom. The molecule has 0 bridgehead atoms. The number of anilines is 1. The van der Waals surface area contributed by atoms with E-state index in [0.29, 0.717) is 22.7 Å². The summed E-state index contributed by atoms with van der Waals surface area (Å²) in [5.74, 6) is 0.770. The number of methoxy groups -OCH3 is 2. The van der Waals surface area contributed by atoms with E-state index in [1.54, 1.807) is 62.8 Å². The number of carbonyl (C=O) groups is 1. The minimum absolute atomic E-state index is 0.0591. The second-order valence-electron chi connectivity index (χ2n) is 5.34. The number of carbonyl (C=O) groups excluding carboxylic acids is 1. The molecule has 1 heterocycles. The standard InChI is InChI=1S/C19H17N3O4/c1-25-15-8-6-13(7-9-15)18(23)21-17-19(24)22(11-10-20-17)14-4-3-5-16(12-14)26-2/h3-12H,1-2H3,(H,20,21,23). The third-order valence-electron chi connectivity index (χ3n) is 3.76. The van der Waals surface area contributed by atoms with E-state index in [2.05, 4.69) is 10.3 Å². The van der Waals surface area contributed by atoms with Crippen LogP contribution in [-0.2, 0) is 0 Å². The first-order valence-electron chi connectivity index (χ1n) is 7.80. The first-order chi connectivity index (χ1) is 12.6. The highest BCUT2D eigenvalue weighted by molar-refractivity contribution is 6.03. The first-order valence-corrected chi connectivity index (χ1v) is 7.80. The Kier molecular flexibility index (Phi) is 4.98. The Morgan fingerprint density at radius 2 is 1.77 bits per heavy atom. The average molecular weight is 351 g/mol. The zero-order valence-corrected chi connectivity index (χ0v) is 14.3. The molecular weight excluding hydrogens is 334 g/mol. The Bertz CT molecular complexity index is 981. The van der Waals surface area contributed by atoms with Crippen LogP contribution < -0.4 is 20.3 Å². The highest BCUT2D eigenvalue weighted by Gasteiger charge is 2.12. The van der Waals surface area contributed by atoms with Crippen LogP contribution in [0.2, 0.25) is 0 Å². The summed E-state index contributed by atoms with van der Waals surface area (Å²) in [6, 6.07) is 13.6. The molecule has 0 aliphatic rings. The summed E-state index contributed by atoms with van der Waals surface area (Å²) in [6.07, 6.45) is 2.98.